The number of carbonyl (C=O) groups excluding carboxylic acids is 1. The number of nitrogens with one attached hydrogen (secondary N) is 1. The quantitative estimate of drug-likeness (QED) is 0.429. The minimum Gasteiger partial charge on any atom is -0.506 e. The molecular formula is C25H23N3O4. The summed E-state index contributed by atoms with van der Waals surface area (Å²) in [6, 6.07) is 20.0. The van der Waals surface area contributed by atoms with E-state index < -0.39 is 5.91 Å². The Bertz CT molecular complexity index is 1270. The zero-order valence-electron chi connectivity index (χ0n) is 18.0. The van der Waals surface area contributed by atoms with Gasteiger partial charge in [0.25, 0.3) is 5.91 Å². The van der Waals surface area contributed by atoms with Crippen LogP contribution in [0.1, 0.15) is 15.9 Å². The molecule has 0 atom stereocenters. The molecule has 0 radical (unpaired) electrons. The van der Waals surface area contributed by atoms with Gasteiger partial charge in [0, 0.05) is 11.8 Å². The maximum atomic E-state index is 13.2. The average molecular weight is 429 g/mol. The highest BCUT2D eigenvalue weighted by Crippen LogP contribution is 2.34. The van der Waals surface area contributed by atoms with Crippen LogP contribution in [0.15, 0.2) is 72.9 Å². The van der Waals surface area contributed by atoms with Crippen LogP contribution in [0.4, 0.5) is 5.69 Å². The van der Waals surface area contributed by atoms with E-state index in [-0.39, 0.29) is 5.75 Å². The van der Waals surface area contributed by atoms with Crippen molar-refractivity contribution in [2.75, 3.05) is 19.5 Å². The number of hydrogen-bond acceptors (Lipinski definition) is 5. The maximum Gasteiger partial charge on any atom is 0.259 e. The van der Waals surface area contributed by atoms with Gasteiger partial charge < -0.3 is 19.9 Å². The highest BCUT2D eigenvalue weighted by Gasteiger charge is 2.21. The second-order valence-corrected chi connectivity index (χ2v) is 7.22. The summed E-state index contributed by atoms with van der Waals surface area (Å²) in [6.07, 6.45) is 1.67. The van der Waals surface area contributed by atoms with Gasteiger partial charge in [-0.05, 0) is 55.0 Å². The van der Waals surface area contributed by atoms with Crippen molar-refractivity contribution in [2.45, 2.75) is 6.92 Å². The third kappa shape index (κ3) is 4.13. The molecule has 162 valence electrons. The Morgan fingerprint density at radius 3 is 2.41 bits per heavy atom. The topological polar surface area (TPSA) is 85.6 Å². The predicted molar refractivity (Wildman–Crippen MR) is 123 cm³/mol. The zero-order valence-corrected chi connectivity index (χ0v) is 18.0. The number of hydrogen-bond donors (Lipinski definition) is 2. The number of para-hydroxylation sites is 1. The van der Waals surface area contributed by atoms with Gasteiger partial charge in [-0.1, -0.05) is 24.3 Å². The molecule has 0 saturated carbocycles. The molecule has 0 fully saturated rings. The molecule has 0 bridgehead atoms. The molecule has 4 rings (SSSR count). The first-order chi connectivity index (χ1) is 15.5. The van der Waals surface area contributed by atoms with E-state index in [1.165, 1.54) is 0 Å². The Morgan fingerprint density at radius 2 is 1.72 bits per heavy atom. The molecule has 32 heavy (non-hydrogen) atoms. The minimum atomic E-state index is -0.392. The van der Waals surface area contributed by atoms with Gasteiger partial charge >= 0.3 is 0 Å². The van der Waals surface area contributed by atoms with Gasteiger partial charge in [0.15, 0.2) is 11.5 Å². The number of anilines is 1. The van der Waals surface area contributed by atoms with E-state index in [1.54, 1.807) is 49.4 Å². The van der Waals surface area contributed by atoms with Gasteiger partial charge in [0.05, 0.1) is 31.2 Å². The average Bonchev–Trinajstić information content (AvgIpc) is 3.26. The number of nitrogens with zero attached hydrogens (tertiary/aromatic N) is 2. The minimum absolute atomic E-state index is 0.00136. The van der Waals surface area contributed by atoms with Gasteiger partial charge in [-0.25, -0.2) is 4.68 Å². The van der Waals surface area contributed by atoms with Crippen molar-refractivity contribution >= 4 is 11.6 Å². The molecule has 0 saturated heterocycles. The lowest BCUT2D eigenvalue weighted by molar-refractivity contribution is 0.102. The number of benzene rings is 3. The number of aromatic hydroxyl groups is 1. The molecule has 7 heteroatoms. The van der Waals surface area contributed by atoms with Crippen LogP contribution in [-0.4, -0.2) is 35.0 Å². The molecule has 1 aromatic heterocycles. The first kappa shape index (κ1) is 21.0. The largest absolute Gasteiger partial charge is 0.506 e. The Kier molecular flexibility index (Phi) is 5.81. The number of carbonyl (C=O) groups is 1. The van der Waals surface area contributed by atoms with Gasteiger partial charge in [-0.2, -0.15) is 5.10 Å². The standard InChI is InChI=1S/C25H23N3O4/c1-16-9-11-20(21(29)13-16)26-25(30)19-15-28(18-7-5-4-6-8-18)27-24(19)17-10-12-22(31-2)23(14-17)32-3/h4-15,29H,1-3H3,(H,26,30). The van der Waals surface area contributed by atoms with Crippen LogP contribution in [0.5, 0.6) is 17.2 Å². The van der Waals surface area contributed by atoms with Crippen molar-refractivity contribution in [2.24, 2.45) is 0 Å². The molecule has 2 N–H and O–H groups in total. The van der Waals surface area contributed by atoms with Crippen molar-refractivity contribution < 1.29 is 19.4 Å². The van der Waals surface area contributed by atoms with Crippen molar-refractivity contribution in [1.82, 2.24) is 9.78 Å². The second kappa shape index (κ2) is 8.85. The molecule has 1 amide bonds. The monoisotopic (exact) mass is 429 g/mol. The molecular weight excluding hydrogens is 406 g/mol. The molecule has 0 aliphatic heterocycles. The van der Waals surface area contributed by atoms with Crippen LogP contribution in [0.3, 0.4) is 0 Å². The van der Waals surface area contributed by atoms with E-state index in [4.69, 9.17) is 9.47 Å². The number of aromatic nitrogens is 2. The lowest BCUT2D eigenvalue weighted by Gasteiger charge is -2.10. The second-order valence-electron chi connectivity index (χ2n) is 7.22. The Hall–Kier alpha value is -4.26. The summed E-state index contributed by atoms with van der Waals surface area (Å²) in [5, 5.41) is 17.7. The predicted octanol–water partition coefficient (Wildman–Crippen LogP) is 4.82. The van der Waals surface area contributed by atoms with Crippen molar-refractivity contribution in [3.05, 3.63) is 84.1 Å². The molecule has 0 aliphatic rings. The molecule has 0 unspecified atom stereocenters. The molecule has 1 heterocycles. The SMILES string of the molecule is COc1ccc(-c2nn(-c3ccccc3)cc2C(=O)Nc2ccc(C)cc2O)cc1OC. The van der Waals surface area contributed by atoms with E-state index in [9.17, 15) is 9.90 Å². The molecule has 7 nitrogen and oxygen atoms in total. The smallest absolute Gasteiger partial charge is 0.259 e. The summed E-state index contributed by atoms with van der Waals surface area (Å²) >= 11 is 0. The van der Waals surface area contributed by atoms with E-state index >= 15 is 0 Å². The highest BCUT2D eigenvalue weighted by atomic mass is 16.5. The van der Waals surface area contributed by atoms with Gasteiger partial charge in [-0.15, -0.1) is 0 Å². The van der Waals surface area contributed by atoms with E-state index in [2.05, 4.69) is 10.4 Å². The molecule has 0 spiro atoms. The highest BCUT2D eigenvalue weighted by molar-refractivity contribution is 6.08. The summed E-state index contributed by atoms with van der Waals surface area (Å²) in [4.78, 5) is 13.2. The van der Waals surface area contributed by atoms with E-state index in [0.29, 0.717) is 34.0 Å². The lowest BCUT2D eigenvalue weighted by Crippen LogP contribution is -2.12. The van der Waals surface area contributed by atoms with Crippen LogP contribution in [0.2, 0.25) is 0 Å². The van der Waals surface area contributed by atoms with Crippen LogP contribution in [0, 0.1) is 6.92 Å². The van der Waals surface area contributed by atoms with E-state index in [1.807, 2.05) is 49.4 Å². The third-order valence-electron chi connectivity index (χ3n) is 5.04. The van der Waals surface area contributed by atoms with Crippen molar-refractivity contribution in [3.8, 4) is 34.2 Å². The van der Waals surface area contributed by atoms with Crippen LogP contribution in [-0.2, 0) is 0 Å². The Morgan fingerprint density at radius 1 is 0.969 bits per heavy atom. The van der Waals surface area contributed by atoms with Gasteiger partial charge in [0.1, 0.15) is 11.4 Å². The fourth-order valence-corrected chi connectivity index (χ4v) is 3.39. The Balaban J connectivity index is 1.80. The Labute approximate surface area is 185 Å². The first-order valence-electron chi connectivity index (χ1n) is 9.98. The third-order valence-corrected chi connectivity index (χ3v) is 5.04. The summed E-state index contributed by atoms with van der Waals surface area (Å²) in [5.74, 6) is 0.716. The number of aryl methyl sites for hydroxylation is 1. The van der Waals surface area contributed by atoms with Crippen LogP contribution >= 0.6 is 0 Å². The number of ether oxygens (including phenoxy) is 2. The van der Waals surface area contributed by atoms with Crippen molar-refractivity contribution in [1.29, 1.82) is 0 Å². The normalized spacial score (nSPS) is 10.6. The number of methoxy groups -OCH3 is 2. The summed E-state index contributed by atoms with van der Waals surface area (Å²) in [7, 11) is 3.12. The number of phenols is 1. The van der Waals surface area contributed by atoms with Crippen LogP contribution < -0.4 is 14.8 Å². The maximum absolute atomic E-state index is 13.2. The number of amides is 1. The summed E-state index contributed by atoms with van der Waals surface area (Å²) in [6.45, 7) is 1.87. The fraction of sp³-hybridized carbons (Fsp3) is 0.120. The zero-order chi connectivity index (χ0) is 22.7. The van der Waals surface area contributed by atoms with Crippen LogP contribution in [0.25, 0.3) is 16.9 Å². The fourth-order valence-electron chi connectivity index (χ4n) is 3.39. The first-order valence-corrected chi connectivity index (χ1v) is 9.98. The van der Waals surface area contributed by atoms with Gasteiger partial charge in [-0.3, -0.25) is 4.79 Å². The number of phenolic OH excluding ortho intramolecular Hbond substituents is 1. The van der Waals surface area contributed by atoms with Crippen molar-refractivity contribution in [3.63, 3.8) is 0 Å². The summed E-state index contributed by atoms with van der Waals surface area (Å²) in [5.41, 5.74) is 3.54. The molecule has 3 aromatic carbocycles. The van der Waals surface area contributed by atoms with E-state index in [0.717, 1.165) is 11.3 Å². The number of rotatable bonds is 6. The molecule has 4 aromatic rings. The molecule has 0 aliphatic carbocycles. The van der Waals surface area contributed by atoms with Gasteiger partial charge in [0.2, 0.25) is 0 Å². The lowest BCUT2D eigenvalue weighted by atomic mass is 10.1. The summed E-state index contributed by atoms with van der Waals surface area (Å²) < 4.78 is 12.4.